The van der Waals surface area contributed by atoms with E-state index in [0.717, 1.165) is 137 Å². The van der Waals surface area contributed by atoms with Gasteiger partial charge in [0.05, 0.1) is 45.4 Å². The van der Waals surface area contributed by atoms with Crippen LogP contribution < -0.4 is 33.1 Å². The third-order valence-corrected chi connectivity index (χ3v) is 20.9. The molecule has 12 aromatic rings. The number of nitrogens with two attached hydrogens (primary N) is 2. The third-order valence-electron chi connectivity index (χ3n) is 20.4. The first-order valence-corrected chi connectivity index (χ1v) is 33.7. The van der Waals surface area contributed by atoms with Crippen LogP contribution in [0.4, 0.5) is 0 Å². The van der Waals surface area contributed by atoms with Gasteiger partial charge in [-0.25, -0.2) is 5.43 Å². The summed E-state index contributed by atoms with van der Waals surface area (Å²) in [7, 11) is 0. The second-order valence-corrected chi connectivity index (χ2v) is 26.4. The maximum atomic E-state index is 13.1. The number of aryl methyl sites for hydroxylation is 3. The number of nitrogens with zero attached hydrogens (tertiary/aromatic N) is 4. The molecule has 0 spiro atoms. The van der Waals surface area contributed by atoms with E-state index in [9.17, 15) is 34.5 Å². The molecule has 0 unspecified atom stereocenters. The number of hydrogen-bond acceptors (Lipinski definition) is 10. The zero-order valence-corrected chi connectivity index (χ0v) is 54.5. The Kier molecular flexibility index (Phi) is 17.4. The molecule has 98 heavy (non-hydrogen) atoms. The Morgan fingerprint density at radius 1 is 0.480 bits per heavy atom. The number of amides is 4. The summed E-state index contributed by atoms with van der Waals surface area (Å²) in [4.78, 5) is 50.7. The lowest BCUT2D eigenvalue weighted by atomic mass is 9.91. The van der Waals surface area contributed by atoms with Gasteiger partial charge in [0.2, 0.25) is 5.91 Å². The fourth-order valence-corrected chi connectivity index (χ4v) is 17.1. The summed E-state index contributed by atoms with van der Waals surface area (Å²) < 4.78 is 8.05. The van der Waals surface area contributed by atoms with Gasteiger partial charge in [-0.15, -0.1) is 0 Å². The molecule has 19 rings (SSSR count). The van der Waals surface area contributed by atoms with E-state index in [-0.39, 0.29) is 64.7 Å². The van der Waals surface area contributed by atoms with Crippen molar-refractivity contribution in [3.63, 3.8) is 0 Å². The van der Waals surface area contributed by atoms with Crippen molar-refractivity contribution in [1.82, 2.24) is 35.1 Å². The molecule has 3 aromatic heterocycles. The Hall–Kier alpha value is -10.1. The molecule has 0 atom stereocenters. The molecule has 11 N–H and O–H groups in total. The maximum Gasteiger partial charge on any atom is 0.252 e. The van der Waals surface area contributed by atoms with E-state index >= 15 is 0 Å². The fourth-order valence-electron chi connectivity index (χ4n) is 16.7. The van der Waals surface area contributed by atoms with Gasteiger partial charge in [0.1, 0.15) is 0 Å². The summed E-state index contributed by atoms with van der Waals surface area (Å²) >= 11 is 3.63. The highest BCUT2D eigenvalue weighted by atomic mass is 79.9. The molecule has 0 saturated heterocycles. The van der Waals surface area contributed by atoms with Crippen LogP contribution in [-0.4, -0.2) is 78.2 Å². The Balaban J connectivity index is 0.000000123. The van der Waals surface area contributed by atoms with Gasteiger partial charge in [0.15, 0.2) is 0 Å². The number of aliphatic hydroxyl groups is 3. The van der Waals surface area contributed by atoms with Gasteiger partial charge in [-0.2, -0.15) is 5.10 Å². The van der Waals surface area contributed by atoms with E-state index in [1.807, 2.05) is 25.1 Å². The van der Waals surface area contributed by atoms with Gasteiger partial charge in [0.25, 0.3) is 17.7 Å². The number of benzene rings is 9. The van der Waals surface area contributed by atoms with Gasteiger partial charge in [-0.1, -0.05) is 128 Å². The fraction of sp³-hybridized carbons (Fsp3) is 0.237. The standard InChI is InChI=1S/C27H22N4O3.C27H24N2O2.C24H19BrN2O2.2CH4.H4N2/c32-9-3-8-31-21-7-6-15(20-12-22(33)30-29-20)11-17(21)24-19-13-28-27(34)25(19)23-16-5-2-1-4-14(16)10-18(23)26(24)31;1-2-6-16-9-10-22-19(13-16)24-21-15-28-27(31)25(21)23-18-8-4-3-7-17(18)14-20(23)26(24)29(22)11-5-12-30;25-14-6-7-19-16(11-14)21-18-12-26-24(29)22(18)20-15-5-2-1-4-13(15)10-17(20)23(21)27(19)8-3-9-28;;;1-2/h1-2,4-7,11,32H,3,8-10,12-13H2,(H,28,34)(H,30,33);2-4,6-10,13,30H,5,11-12,14-15H2,1H3,(H,28,31);1-2,4-7,11,28H,3,8-10,12H2,(H,26,29);2*1H4;1-2H2/b;6-2+;;;;. The first kappa shape index (κ1) is 65.2. The smallest absolute Gasteiger partial charge is 0.252 e. The van der Waals surface area contributed by atoms with Crippen molar-refractivity contribution in [2.45, 2.75) is 106 Å². The average Bonchev–Trinajstić information content (AvgIpc) is 1.55. The van der Waals surface area contributed by atoms with Crippen LogP contribution in [0.5, 0.6) is 0 Å². The minimum absolute atomic E-state index is 0. The maximum absolute atomic E-state index is 13.1. The lowest BCUT2D eigenvalue weighted by Crippen LogP contribution is -2.13. The summed E-state index contributed by atoms with van der Waals surface area (Å²) in [6.07, 6.45) is 8.91. The van der Waals surface area contributed by atoms with Gasteiger partial charge in [-0.3, -0.25) is 30.9 Å². The molecule has 18 heteroatoms. The average molecular weight is 1370 g/mol. The second kappa shape index (κ2) is 26.1. The highest BCUT2D eigenvalue weighted by Gasteiger charge is 2.39. The van der Waals surface area contributed by atoms with Crippen molar-refractivity contribution in [3.8, 4) is 33.4 Å². The van der Waals surface area contributed by atoms with Crippen molar-refractivity contribution in [2.75, 3.05) is 19.8 Å². The monoisotopic (exact) mass is 1370 g/mol. The summed E-state index contributed by atoms with van der Waals surface area (Å²) in [5.74, 6) is 7.94. The summed E-state index contributed by atoms with van der Waals surface area (Å²) in [6.45, 7) is 6.25. The molecule has 4 aliphatic heterocycles. The van der Waals surface area contributed by atoms with Crippen molar-refractivity contribution in [3.05, 3.63) is 216 Å². The predicted octanol–water partition coefficient (Wildman–Crippen LogP) is 13.1. The topological polar surface area (TPSA) is 256 Å². The second-order valence-electron chi connectivity index (χ2n) is 25.5. The largest absolute Gasteiger partial charge is 0.396 e. The van der Waals surface area contributed by atoms with E-state index in [0.29, 0.717) is 45.4 Å². The zero-order chi connectivity index (χ0) is 65.8. The number of hydrogen-bond donors (Lipinski definition) is 9. The van der Waals surface area contributed by atoms with Crippen LogP contribution in [0.1, 0.15) is 140 Å². The number of aliphatic hydroxyl groups excluding tert-OH is 3. The van der Waals surface area contributed by atoms with Gasteiger partial charge in [0, 0.05) is 148 Å². The van der Waals surface area contributed by atoms with Crippen LogP contribution in [0, 0.1) is 0 Å². The molecular weight excluding hydrogens is 1290 g/mol. The number of nitrogens with one attached hydrogen (secondary N) is 4. The minimum Gasteiger partial charge on any atom is -0.396 e. The van der Waals surface area contributed by atoms with Crippen LogP contribution in [0.2, 0.25) is 0 Å². The number of allylic oxidation sites excluding steroid dienone is 1. The highest BCUT2D eigenvalue weighted by molar-refractivity contribution is 9.10. The highest BCUT2D eigenvalue weighted by Crippen LogP contribution is 2.53. The lowest BCUT2D eigenvalue weighted by molar-refractivity contribution is -0.119. The van der Waals surface area contributed by atoms with Crippen LogP contribution in [0.3, 0.4) is 0 Å². The molecule has 0 radical (unpaired) electrons. The zero-order valence-electron chi connectivity index (χ0n) is 52.9. The SMILES string of the molecule is C.C.C/C=C/c1ccc2c(c1)c1c3c(c4c(c1n2CCCO)Cc1ccccc1-4)C(=O)NC3.NN.O=C1CC(c2ccc3c(c2)c2c4c(c5c(c2n3CCCO)Cc2ccccc2-5)C(=O)NC4)=NN1.O=C1NCc2c1c1c(c3c2c2cc(Br)ccc2n3CCCO)Cc2ccccc2-1. The van der Waals surface area contributed by atoms with Gasteiger partial charge in [-0.05, 0) is 147 Å². The number of aromatic nitrogens is 3. The van der Waals surface area contributed by atoms with E-state index in [2.05, 4.69) is 189 Å². The third kappa shape index (κ3) is 10.0. The molecule has 4 amide bonds. The number of hydrazine groups is 1. The summed E-state index contributed by atoms with van der Waals surface area (Å²) in [6, 6.07) is 44.3. The number of rotatable bonds is 11. The van der Waals surface area contributed by atoms with Crippen LogP contribution in [-0.2, 0) is 63.3 Å². The molecule has 17 nitrogen and oxygen atoms in total. The molecular formula is C80H77BrN10O7. The number of carbonyl (C=O) groups excluding carboxylic acids is 4. The molecule has 3 aliphatic carbocycles. The number of fused-ring (bicyclic) bond motifs is 30. The lowest BCUT2D eigenvalue weighted by Gasteiger charge is -2.13. The van der Waals surface area contributed by atoms with Gasteiger partial charge < -0.3 is 45.0 Å². The van der Waals surface area contributed by atoms with E-state index in [1.54, 1.807) is 0 Å². The summed E-state index contributed by atoms with van der Waals surface area (Å²) in [5.41, 5.74) is 32.2. The van der Waals surface area contributed by atoms with Crippen LogP contribution >= 0.6 is 15.9 Å². The van der Waals surface area contributed by atoms with E-state index < -0.39 is 0 Å². The number of halogens is 1. The van der Waals surface area contributed by atoms with Crippen LogP contribution in [0.25, 0.3) is 105 Å². The number of hydrazone groups is 1. The van der Waals surface area contributed by atoms with Crippen molar-refractivity contribution in [1.29, 1.82) is 0 Å². The Morgan fingerprint density at radius 3 is 1.27 bits per heavy atom. The molecule has 7 heterocycles. The normalized spacial score (nSPS) is 14.4. The predicted molar refractivity (Wildman–Crippen MR) is 395 cm³/mol. The van der Waals surface area contributed by atoms with Crippen molar-refractivity contribution >= 4 is 117 Å². The van der Waals surface area contributed by atoms with E-state index in [1.165, 1.54) is 82.6 Å². The quantitative estimate of drug-likeness (QED) is 0.0440. The first-order valence-electron chi connectivity index (χ1n) is 32.9. The Morgan fingerprint density at radius 2 is 0.867 bits per heavy atom. The molecule has 0 saturated carbocycles. The molecule has 7 aliphatic rings. The minimum atomic E-state index is -0.105. The summed E-state index contributed by atoms with van der Waals surface area (Å²) in [5, 5.41) is 49.0. The molecule has 496 valence electrons. The van der Waals surface area contributed by atoms with Crippen molar-refractivity contribution < 1.29 is 34.5 Å². The molecule has 0 bridgehead atoms. The Labute approximate surface area is 574 Å². The first-order chi connectivity index (χ1) is 47.1. The molecule has 9 aromatic carbocycles. The molecule has 0 fully saturated rings. The Bertz CT molecular complexity index is 5460. The number of carbonyl (C=O) groups is 4. The van der Waals surface area contributed by atoms with Gasteiger partial charge >= 0.3 is 0 Å². The van der Waals surface area contributed by atoms with E-state index in [4.69, 9.17) is 0 Å². The van der Waals surface area contributed by atoms with Crippen LogP contribution in [0.15, 0.2) is 143 Å². The van der Waals surface area contributed by atoms with Crippen molar-refractivity contribution in [2.24, 2.45) is 16.8 Å².